The van der Waals surface area contributed by atoms with Gasteiger partial charge in [-0.15, -0.1) is 0 Å². The first kappa shape index (κ1) is 19.6. The van der Waals surface area contributed by atoms with E-state index in [0.717, 1.165) is 11.1 Å². The van der Waals surface area contributed by atoms with E-state index >= 15 is 0 Å². The predicted molar refractivity (Wildman–Crippen MR) is 110 cm³/mol. The zero-order valence-electron chi connectivity index (χ0n) is 16.9. The van der Waals surface area contributed by atoms with Crippen molar-refractivity contribution >= 4 is 22.5 Å². The monoisotopic (exact) mass is 410 g/mol. The Morgan fingerprint density at radius 2 is 1.97 bits per heavy atom. The molecule has 0 aliphatic rings. The highest BCUT2D eigenvalue weighted by molar-refractivity contribution is 5.83. The summed E-state index contributed by atoms with van der Waals surface area (Å²) < 4.78 is 18.8. The van der Waals surface area contributed by atoms with Crippen LogP contribution in [0.2, 0.25) is 0 Å². The summed E-state index contributed by atoms with van der Waals surface area (Å²) in [5.41, 5.74) is 2.26. The number of methoxy groups -OCH3 is 2. The number of fused-ring (bicyclic) bond motifs is 3. The molecule has 156 valence electrons. The second-order valence-corrected chi connectivity index (χ2v) is 6.78. The third-order valence-corrected chi connectivity index (χ3v) is 5.08. The minimum atomic E-state index is -0.733. The highest BCUT2D eigenvalue weighted by atomic mass is 16.5. The number of aromatic nitrogens is 3. The molecule has 9 heteroatoms. The molecule has 0 fully saturated rings. The fraction of sp³-hybridized carbons (Fsp3) is 0.286. The molecule has 9 nitrogen and oxygen atoms in total. The maximum absolute atomic E-state index is 13.0. The second kappa shape index (κ2) is 7.94. The smallest absolute Gasteiger partial charge is 0.291 e. The maximum atomic E-state index is 13.0. The molecule has 0 aliphatic carbocycles. The lowest BCUT2D eigenvalue weighted by atomic mass is 10.1. The van der Waals surface area contributed by atoms with E-state index in [1.807, 2.05) is 13.0 Å². The average molecular weight is 410 g/mol. The van der Waals surface area contributed by atoms with Crippen molar-refractivity contribution in [1.82, 2.24) is 19.5 Å². The zero-order chi connectivity index (χ0) is 21.3. The topological polar surface area (TPSA) is 100 Å². The van der Waals surface area contributed by atoms with Crippen molar-refractivity contribution in [3.8, 4) is 11.5 Å². The first-order valence-corrected chi connectivity index (χ1v) is 9.52. The van der Waals surface area contributed by atoms with Crippen molar-refractivity contribution in [3.63, 3.8) is 0 Å². The highest BCUT2D eigenvalue weighted by Crippen LogP contribution is 2.27. The van der Waals surface area contributed by atoms with Crippen LogP contribution in [0, 0.1) is 0 Å². The standard InChI is InChI=1S/C21H22N4O5/c1-4-14(20(26)22-11-13-5-6-17(28-2)19(9-13)29-3)25-21(27)16-10-18-15(7-8-30-18)24(16)12-23-25/h5-10,12,14H,4,11H2,1-3H3,(H,22,26)/t14-/m1/s1. The number of furan rings is 1. The van der Waals surface area contributed by atoms with Crippen molar-refractivity contribution < 1.29 is 18.7 Å². The SMILES string of the molecule is CC[C@H](C(=O)NCc1ccc(OC)c(OC)c1)n1ncn2c(cc3occc32)c1=O. The number of carbonyl (C=O) groups is 1. The number of ether oxygens (including phenoxy) is 2. The largest absolute Gasteiger partial charge is 0.493 e. The van der Waals surface area contributed by atoms with E-state index in [1.54, 1.807) is 49.1 Å². The quantitative estimate of drug-likeness (QED) is 0.503. The maximum Gasteiger partial charge on any atom is 0.291 e. The predicted octanol–water partition coefficient (Wildman–Crippen LogP) is 2.53. The summed E-state index contributed by atoms with van der Waals surface area (Å²) >= 11 is 0. The van der Waals surface area contributed by atoms with Crippen LogP contribution in [-0.4, -0.2) is 34.3 Å². The number of hydrogen-bond acceptors (Lipinski definition) is 6. The van der Waals surface area contributed by atoms with Crippen molar-refractivity contribution in [2.45, 2.75) is 25.9 Å². The van der Waals surface area contributed by atoms with Gasteiger partial charge in [0.1, 0.15) is 17.9 Å². The van der Waals surface area contributed by atoms with Crippen LogP contribution < -0.4 is 20.3 Å². The van der Waals surface area contributed by atoms with Gasteiger partial charge in [-0.2, -0.15) is 5.10 Å². The molecule has 4 rings (SSSR count). The van der Waals surface area contributed by atoms with Gasteiger partial charge in [-0.3, -0.25) is 14.0 Å². The van der Waals surface area contributed by atoms with Crippen molar-refractivity contribution in [1.29, 1.82) is 0 Å². The molecule has 0 saturated heterocycles. The van der Waals surface area contributed by atoms with E-state index in [0.29, 0.717) is 29.0 Å². The van der Waals surface area contributed by atoms with Gasteiger partial charge in [0.05, 0.1) is 26.0 Å². The molecule has 1 aromatic carbocycles. The number of rotatable bonds is 7. The van der Waals surface area contributed by atoms with Gasteiger partial charge in [0, 0.05) is 18.7 Å². The first-order valence-electron chi connectivity index (χ1n) is 9.52. The lowest BCUT2D eigenvalue weighted by Gasteiger charge is -2.17. The van der Waals surface area contributed by atoms with E-state index in [1.165, 1.54) is 11.0 Å². The molecule has 0 unspecified atom stereocenters. The summed E-state index contributed by atoms with van der Waals surface area (Å²) in [6, 6.07) is 8.11. The summed E-state index contributed by atoms with van der Waals surface area (Å²) in [5.74, 6) is 0.902. The molecule has 0 radical (unpaired) electrons. The summed E-state index contributed by atoms with van der Waals surface area (Å²) in [4.78, 5) is 25.8. The van der Waals surface area contributed by atoms with Crippen molar-refractivity contribution in [2.24, 2.45) is 0 Å². The molecule has 0 aliphatic heterocycles. The molecule has 1 amide bonds. The number of nitrogens with one attached hydrogen (secondary N) is 1. The molecule has 3 heterocycles. The summed E-state index contributed by atoms with van der Waals surface area (Å²) in [5, 5.41) is 7.11. The Hall–Kier alpha value is -3.75. The fourth-order valence-corrected chi connectivity index (χ4v) is 3.50. The number of carbonyl (C=O) groups excluding carboxylic acids is 1. The van der Waals surface area contributed by atoms with E-state index in [4.69, 9.17) is 13.9 Å². The normalized spacial score (nSPS) is 12.2. The Bertz CT molecular complexity index is 1270. The molecule has 1 N–H and O–H groups in total. The van der Waals surface area contributed by atoms with Gasteiger partial charge in [-0.05, 0) is 24.1 Å². The van der Waals surface area contributed by atoms with Gasteiger partial charge in [-0.1, -0.05) is 13.0 Å². The molecule has 0 spiro atoms. The minimum Gasteiger partial charge on any atom is -0.493 e. The van der Waals surface area contributed by atoms with Gasteiger partial charge < -0.3 is 19.2 Å². The molecule has 30 heavy (non-hydrogen) atoms. The number of nitrogens with zero attached hydrogens (tertiary/aromatic N) is 3. The first-order chi connectivity index (χ1) is 14.6. The number of benzene rings is 1. The molecule has 3 aromatic heterocycles. The van der Waals surface area contributed by atoms with Gasteiger partial charge in [0.15, 0.2) is 17.1 Å². The third-order valence-electron chi connectivity index (χ3n) is 5.08. The van der Waals surface area contributed by atoms with Crippen LogP contribution in [0.1, 0.15) is 24.9 Å². The zero-order valence-corrected chi connectivity index (χ0v) is 16.9. The van der Waals surface area contributed by atoms with Crippen LogP contribution in [0.25, 0.3) is 16.6 Å². The van der Waals surface area contributed by atoms with E-state index in [9.17, 15) is 9.59 Å². The van der Waals surface area contributed by atoms with Gasteiger partial charge >= 0.3 is 0 Å². The fourth-order valence-electron chi connectivity index (χ4n) is 3.50. The second-order valence-electron chi connectivity index (χ2n) is 6.78. The Morgan fingerprint density at radius 3 is 2.70 bits per heavy atom. The van der Waals surface area contributed by atoms with Crippen LogP contribution in [0.15, 0.2) is 52.1 Å². The lowest BCUT2D eigenvalue weighted by Crippen LogP contribution is -2.38. The van der Waals surface area contributed by atoms with Crippen LogP contribution in [-0.2, 0) is 11.3 Å². The van der Waals surface area contributed by atoms with Gasteiger partial charge in [0.25, 0.3) is 5.56 Å². The lowest BCUT2D eigenvalue weighted by molar-refractivity contribution is -0.125. The van der Waals surface area contributed by atoms with Crippen LogP contribution in [0.5, 0.6) is 11.5 Å². The minimum absolute atomic E-state index is 0.282. The number of hydrogen-bond donors (Lipinski definition) is 1. The molecule has 0 saturated carbocycles. The van der Waals surface area contributed by atoms with E-state index in [-0.39, 0.29) is 18.0 Å². The highest BCUT2D eigenvalue weighted by Gasteiger charge is 2.22. The Morgan fingerprint density at radius 1 is 1.17 bits per heavy atom. The number of amides is 1. The van der Waals surface area contributed by atoms with Crippen molar-refractivity contribution in [3.05, 3.63) is 58.8 Å². The third kappa shape index (κ3) is 3.28. The molecular formula is C21H22N4O5. The summed E-state index contributed by atoms with van der Waals surface area (Å²) in [6.45, 7) is 2.12. The van der Waals surface area contributed by atoms with Crippen LogP contribution in [0.4, 0.5) is 0 Å². The van der Waals surface area contributed by atoms with Crippen molar-refractivity contribution in [2.75, 3.05) is 14.2 Å². The Balaban J connectivity index is 1.57. The molecular weight excluding hydrogens is 388 g/mol. The summed E-state index contributed by atoms with van der Waals surface area (Å²) in [6.07, 6.45) is 3.50. The summed E-state index contributed by atoms with van der Waals surface area (Å²) in [7, 11) is 3.12. The Kier molecular flexibility index (Phi) is 5.18. The average Bonchev–Trinajstić information content (AvgIpc) is 3.36. The molecule has 4 aromatic rings. The van der Waals surface area contributed by atoms with E-state index in [2.05, 4.69) is 10.4 Å². The van der Waals surface area contributed by atoms with Gasteiger partial charge in [-0.25, -0.2) is 4.68 Å². The molecule has 0 bridgehead atoms. The van der Waals surface area contributed by atoms with Gasteiger partial charge in [0.2, 0.25) is 5.91 Å². The van der Waals surface area contributed by atoms with Crippen LogP contribution >= 0.6 is 0 Å². The van der Waals surface area contributed by atoms with E-state index < -0.39 is 6.04 Å². The van der Waals surface area contributed by atoms with Crippen LogP contribution in [0.3, 0.4) is 0 Å². The molecule has 1 atom stereocenters. The Labute approximate surface area is 171 Å².